The average molecular weight is 484 g/mol. The zero-order valence-corrected chi connectivity index (χ0v) is 20.3. The average Bonchev–Trinajstić information content (AvgIpc) is 3.26. The van der Waals surface area contributed by atoms with E-state index in [4.69, 9.17) is 0 Å². The van der Waals surface area contributed by atoms with Crippen LogP contribution in [-0.4, -0.2) is 69.1 Å². The second kappa shape index (κ2) is 11.0. The van der Waals surface area contributed by atoms with E-state index in [1.807, 2.05) is 15.5 Å². The van der Waals surface area contributed by atoms with E-state index < -0.39 is 6.23 Å². The fourth-order valence-electron chi connectivity index (χ4n) is 5.60. The Morgan fingerprint density at radius 2 is 1.89 bits per heavy atom. The number of aromatic nitrogens is 3. The largest absolute Gasteiger partial charge is 0.373 e. The molecule has 0 aromatic carbocycles. The third-order valence-electron chi connectivity index (χ3n) is 7.58. The molecular weight excluding hydrogens is 446 g/mol. The summed E-state index contributed by atoms with van der Waals surface area (Å²) in [6.45, 7) is 4.40. The van der Waals surface area contributed by atoms with Gasteiger partial charge in [-0.15, -0.1) is 0 Å². The molecule has 2 aromatic heterocycles. The SMILES string of the molecule is O=C(Nc1ncc2cc3n(c2n1)CCCCCCNC3O)C1CCCN(C(=O)C2CCCNC2)C1. The molecule has 3 aliphatic heterocycles. The Labute approximate surface area is 205 Å². The van der Waals surface area contributed by atoms with Gasteiger partial charge in [-0.25, -0.2) is 4.98 Å². The van der Waals surface area contributed by atoms with Crippen molar-refractivity contribution >= 4 is 28.8 Å². The lowest BCUT2D eigenvalue weighted by Crippen LogP contribution is -2.48. The third-order valence-corrected chi connectivity index (χ3v) is 7.58. The summed E-state index contributed by atoms with van der Waals surface area (Å²) in [6, 6.07) is 1.92. The van der Waals surface area contributed by atoms with Crippen LogP contribution in [0.5, 0.6) is 0 Å². The van der Waals surface area contributed by atoms with Crippen molar-refractivity contribution in [1.82, 2.24) is 30.1 Å². The first-order valence-corrected chi connectivity index (χ1v) is 13.2. The molecule has 2 amide bonds. The van der Waals surface area contributed by atoms with Gasteiger partial charge in [-0.3, -0.25) is 20.2 Å². The molecule has 2 fully saturated rings. The maximum absolute atomic E-state index is 13.1. The first kappa shape index (κ1) is 24.1. The van der Waals surface area contributed by atoms with Gasteiger partial charge in [0.1, 0.15) is 11.9 Å². The number of aryl methyl sites for hydroxylation is 1. The van der Waals surface area contributed by atoms with Gasteiger partial charge in [0.05, 0.1) is 17.5 Å². The second-order valence-corrected chi connectivity index (χ2v) is 10.1. The quantitative estimate of drug-likeness (QED) is 0.524. The van der Waals surface area contributed by atoms with Crippen LogP contribution < -0.4 is 16.0 Å². The van der Waals surface area contributed by atoms with E-state index in [9.17, 15) is 14.7 Å². The summed E-state index contributed by atoms with van der Waals surface area (Å²) in [7, 11) is 0. The summed E-state index contributed by atoms with van der Waals surface area (Å²) in [6.07, 6.45) is 8.76. The fraction of sp³-hybridized carbons (Fsp3) is 0.680. The highest BCUT2D eigenvalue weighted by Crippen LogP contribution is 2.26. The van der Waals surface area contributed by atoms with Crippen LogP contribution in [0.25, 0.3) is 11.0 Å². The molecule has 0 saturated carbocycles. The van der Waals surface area contributed by atoms with Crippen LogP contribution in [0.3, 0.4) is 0 Å². The van der Waals surface area contributed by atoms with E-state index in [0.717, 1.165) is 94.3 Å². The number of aliphatic hydroxyl groups is 1. The van der Waals surface area contributed by atoms with Gasteiger partial charge in [0.2, 0.25) is 17.8 Å². The van der Waals surface area contributed by atoms with Crippen molar-refractivity contribution in [2.75, 3.05) is 38.0 Å². The molecule has 3 unspecified atom stereocenters. The molecule has 0 radical (unpaired) electrons. The molecule has 0 bridgehead atoms. The van der Waals surface area contributed by atoms with Gasteiger partial charge in [-0.2, -0.15) is 4.98 Å². The number of carbonyl (C=O) groups is 2. The lowest BCUT2D eigenvalue weighted by molar-refractivity contribution is -0.139. The van der Waals surface area contributed by atoms with Crippen LogP contribution in [-0.2, 0) is 16.1 Å². The monoisotopic (exact) mass is 483 g/mol. The number of rotatable bonds is 3. The predicted molar refractivity (Wildman–Crippen MR) is 132 cm³/mol. The van der Waals surface area contributed by atoms with E-state index in [1.54, 1.807) is 6.20 Å². The van der Waals surface area contributed by atoms with Crippen molar-refractivity contribution < 1.29 is 14.7 Å². The van der Waals surface area contributed by atoms with Crippen LogP contribution in [0.4, 0.5) is 5.95 Å². The summed E-state index contributed by atoms with van der Waals surface area (Å²) in [5.74, 6) is 0.0391. The van der Waals surface area contributed by atoms with Crippen LogP contribution in [0.15, 0.2) is 12.3 Å². The van der Waals surface area contributed by atoms with E-state index in [1.165, 1.54) is 0 Å². The van der Waals surface area contributed by atoms with Gasteiger partial charge in [0.15, 0.2) is 0 Å². The molecule has 10 nitrogen and oxygen atoms in total. The number of fused-ring (bicyclic) bond motifs is 3. The Kier molecular flexibility index (Phi) is 7.60. The first-order valence-electron chi connectivity index (χ1n) is 13.2. The third kappa shape index (κ3) is 5.49. The van der Waals surface area contributed by atoms with Crippen LogP contribution in [0.2, 0.25) is 0 Å². The molecule has 3 aliphatic rings. The number of anilines is 1. The Hall–Kier alpha value is -2.56. The molecule has 5 rings (SSSR count). The van der Waals surface area contributed by atoms with Crippen molar-refractivity contribution in [2.24, 2.45) is 11.8 Å². The second-order valence-electron chi connectivity index (χ2n) is 10.1. The topological polar surface area (TPSA) is 124 Å². The summed E-state index contributed by atoms with van der Waals surface area (Å²) in [5, 5.41) is 20.9. The molecule has 5 heterocycles. The highest BCUT2D eigenvalue weighted by Gasteiger charge is 2.32. The molecule has 190 valence electrons. The number of hydrogen-bond acceptors (Lipinski definition) is 7. The van der Waals surface area contributed by atoms with Crippen molar-refractivity contribution in [2.45, 2.75) is 64.1 Å². The maximum atomic E-state index is 13.1. The Morgan fingerprint density at radius 1 is 1.03 bits per heavy atom. The van der Waals surface area contributed by atoms with Crippen molar-refractivity contribution in [3.63, 3.8) is 0 Å². The van der Waals surface area contributed by atoms with Crippen LogP contribution in [0.1, 0.15) is 63.3 Å². The molecule has 0 aliphatic carbocycles. The Bertz CT molecular complexity index is 1050. The maximum Gasteiger partial charge on any atom is 0.231 e. The number of aliphatic hydroxyl groups excluding tert-OH is 1. The Balaban J connectivity index is 1.29. The Morgan fingerprint density at radius 3 is 2.74 bits per heavy atom. The van der Waals surface area contributed by atoms with E-state index in [0.29, 0.717) is 13.1 Å². The molecule has 3 atom stereocenters. The summed E-state index contributed by atoms with van der Waals surface area (Å²) in [4.78, 5) is 37.0. The number of hydrogen-bond donors (Lipinski definition) is 4. The number of likely N-dealkylation sites (tertiary alicyclic amines) is 1. The number of piperidine rings is 2. The number of nitrogens with one attached hydrogen (secondary N) is 3. The highest BCUT2D eigenvalue weighted by molar-refractivity contribution is 5.92. The van der Waals surface area contributed by atoms with E-state index >= 15 is 0 Å². The van der Waals surface area contributed by atoms with Crippen molar-refractivity contribution in [3.05, 3.63) is 18.0 Å². The predicted octanol–water partition coefficient (Wildman–Crippen LogP) is 1.76. The molecular formula is C25H37N7O3. The van der Waals surface area contributed by atoms with Gasteiger partial charge in [0.25, 0.3) is 0 Å². The van der Waals surface area contributed by atoms with Gasteiger partial charge in [-0.05, 0) is 57.7 Å². The van der Waals surface area contributed by atoms with Gasteiger partial charge in [0, 0.05) is 37.8 Å². The van der Waals surface area contributed by atoms with Crippen LogP contribution >= 0.6 is 0 Å². The van der Waals surface area contributed by atoms with E-state index in [-0.39, 0.29) is 29.6 Å². The van der Waals surface area contributed by atoms with E-state index in [2.05, 4.69) is 25.9 Å². The standard InChI is InChI=1S/C25H37N7O3/c33-22(18-8-6-11-31(16-18)24(35)17-7-5-9-26-14-17)30-25-28-15-19-13-20-23(34)27-10-3-1-2-4-12-32(20)21(19)29-25/h13,15,17-18,23,26-27,34H,1-12,14,16H2,(H,28,29,30,33). The lowest BCUT2D eigenvalue weighted by Gasteiger charge is -2.35. The summed E-state index contributed by atoms with van der Waals surface area (Å²) in [5.41, 5.74) is 1.50. The van der Waals surface area contributed by atoms with Crippen molar-refractivity contribution in [3.8, 4) is 0 Å². The summed E-state index contributed by atoms with van der Waals surface area (Å²) < 4.78 is 2.04. The summed E-state index contributed by atoms with van der Waals surface area (Å²) >= 11 is 0. The number of nitrogens with zero attached hydrogens (tertiary/aromatic N) is 4. The fourth-order valence-corrected chi connectivity index (χ4v) is 5.60. The molecule has 10 heteroatoms. The molecule has 35 heavy (non-hydrogen) atoms. The lowest BCUT2D eigenvalue weighted by atomic mass is 9.93. The smallest absolute Gasteiger partial charge is 0.231 e. The first-order chi connectivity index (χ1) is 17.1. The van der Waals surface area contributed by atoms with Crippen LogP contribution in [0, 0.1) is 11.8 Å². The molecule has 4 N–H and O–H groups in total. The van der Waals surface area contributed by atoms with Gasteiger partial charge in [-0.1, -0.05) is 12.8 Å². The molecule has 2 aromatic rings. The zero-order chi connectivity index (χ0) is 24.2. The minimum absolute atomic E-state index is 0.0171. The minimum atomic E-state index is -0.759. The highest BCUT2D eigenvalue weighted by atomic mass is 16.3. The minimum Gasteiger partial charge on any atom is -0.373 e. The molecule has 2 saturated heterocycles. The normalized spacial score (nSPS) is 26.2. The molecule has 0 spiro atoms. The number of amides is 2. The zero-order valence-electron chi connectivity index (χ0n) is 20.3. The van der Waals surface area contributed by atoms with Gasteiger partial charge >= 0.3 is 0 Å². The van der Waals surface area contributed by atoms with Gasteiger partial charge < -0.3 is 19.9 Å². The number of carbonyl (C=O) groups excluding carboxylic acids is 2. The van der Waals surface area contributed by atoms with Crippen molar-refractivity contribution in [1.29, 1.82) is 0 Å².